The third-order valence-electron chi connectivity index (χ3n) is 3.14. The van der Waals surface area contributed by atoms with Gasteiger partial charge in [0, 0.05) is 0 Å². The van der Waals surface area contributed by atoms with Crippen LogP contribution in [-0.4, -0.2) is 9.05 Å². The van der Waals surface area contributed by atoms with Gasteiger partial charge in [0.2, 0.25) is 0 Å². The fourth-order valence-electron chi connectivity index (χ4n) is 1.99. The lowest BCUT2D eigenvalue weighted by Crippen LogP contribution is -2.47. The van der Waals surface area contributed by atoms with Gasteiger partial charge in [-0.1, -0.05) is 6.58 Å². The Labute approximate surface area is 145 Å². The van der Waals surface area contributed by atoms with Gasteiger partial charge in [-0.15, -0.1) is 0 Å². The smallest absolute Gasteiger partial charge is 0.487 e. The molecule has 3 heterocycles. The molecule has 0 saturated heterocycles. The van der Waals surface area contributed by atoms with Gasteiger partial charge in [0.25, 0.3) is 0 Å². The van der Waals surface area contributed by atoms with Crippen LogP contribution in [-0.2, 0) is 37.5 Å². The number of hydrogen-bond donors (Lipinski definition) is 0. The first-order chi connectivity index (χ1) is 12.3. The summed E-state index contributed by atoms with van der Waals surface area (Å²) in [5.41, 5.74) is 0. The van der Waals surface area contributed by atoms with Crippen molar-refractivity contribution in [1.29, 1.82) is 0 Å². The second-order valence-electron chi connectivity index (χ2n) is 4.89. The molecule has 0 spiro atoms. The van der Waals surface area contributed by atoms with Gasteiger partial charge < -0.3 is 31.0 Å². The molecular formula is C17H18O7Si. The van der Waals surface area contributed by atoms with Gasteiger partial charge in [-0.25, -0.2) is 0 Å². The van der Waals surface area contributed by atoms with Crippen molar-refractivity contribution >= 4 is 9.05 Å². The van der Waals surface area contributed by atoms with Crippen molar-refractivity contribution in [2.24, 2.45) is 0 Å². The first-order valence-electron chi connectivity index (χ1n) is 7.57. The molecule has 0 amide bonds. The number of furan rings is 3. The summed E-state index contributed by atoms with van der Waals surface area (Å²) >= 11 is 0. The van der Waals surface area contributed by atoms with E-state index in [1.54, 1.807) is 55.2 Å². The maximum atomic E-state index is 5.84. The standard InChI is InChI=1S/C17H18O7Si/c1-2-21-25(22-12-15-6-3-9-18-15,23-13-16-7-4-10-19-16)24-14-17-8-5-11-20-17/h2-11H,1,12-14H2. The molecule has 0 bridgehead atoms. The number of hydrogen-bond acceptors (Lipinski definition) is 7. The van der Waals surface area contributed by atoms with Crippen LogP contribution in [0.5, 0.6) is 0 Å². The van der Waals surface area contributed by atoms with Gasteiger partial charge in [-0.2, -0.15) is 0 Å². The van der Waals surface area contributed by atoms with E-state index in [9.17, 15) is 0 Å². The van der Waals surface area contributed by atoms with E-state index >= 15 is 0 Å². The van der Waals surface area contributed by atoms with Crippen molar-refractivity contribution in [2.75, 3.05) is 0 Å². The fraction of sp³-hybridized carbons (Fsp3) is 0.176. The zero-order chi connectivity index (χ0) is 17.4. The summed E-state index contributed by atoms with van der Waals surface area (Å²) in [5, 5.41) is 0. The molecule has 7 nitrogen and oxygen atoms in total. The lowest BCUT2D eigenvalue weighted by atomic mass is 10.5. The zero-order valence-electron chi connectivity index (χ0n) is 13.5. The zero-order valence-corrected chi connectivity index (χ0v) is 14.5. The Morgan fingerprint density at radius 2 is 1.16 bits per heavy atom. The molecule has 3 rings (SSSR count). The summed E-state index contributed by atoms with van der Waals surface area (Å²) in [6.07, 6.45) is 5.91. The SMILES string of the molecule is C=CO[Si](OCc1ccco1)(OCc1ccco1)OCc1ccco1. The highest BCUT2D eigenvalue weighted by atomic mass is 28.4. The van der Waals surface area contributed by atoms with E-state index < -0.39 is 9.05 Å². The molecule has 3 aromatic heterocycles. The van der Waals surface area contributed by atoms with Gasteiger partial charge in [-0.3, -0.25) is 0 Å². The summed E-state index contributed by atoms with van der Waals surface area (Å²) in [6.45, 7) is 3.97. The van der Waals surface area contributed by atoms with Gasteiger partial charge in [0.1, 0.15) is 17.3 Å². The normalized spacial score (nSPS) is 11.5. The Bertz CT molecular complexity index is 626. The van der Waals surface area contributed by atoms with E-state index in [1.807, 2.05) is 0 Å². The summed E-state index contributed by atoms with van der Waals surface area (Å²) in [6, 6.07) is 10.7. The Hall–Kier alpha value is -2.52. The Kier molecular flexibility index (Phi) is 5.91. The second kappa shape index (κ2) is 8.54. The first kappa shape index (κ1) is 17.3. The topological polar surface area (TPSA) is 76.3 Å². The van der Waals surface area contributed by atoms with Gasteiger partial charge in [0.05, 0.1) is 44.9 Å². The molecule has 0 atom stereocenters. The molecule has 25 heavy (non-hydrogen) atoms. The molecule has 0 aliphatic carbocycles. The first-order valence-corrected chi connectivity index (χ1v) is 9.21. The van der Waals surface area contributed by atoms with E-state index in [1.165, 1.54) is 6.26 Å². The summed E-state index contributed by atoms with van der Waals surface area (Å²) in [7, 11) is -3.56. The average Bonchev–Trinajstić information content (AvgIpc) is 3.40. The molecule has 0 N–H and O–H groups in total. The van der Waals surface area contributed by atoms with Crippen LogP contribution in [0.3, 0.4) is 0 Å². The van der Waals surface area contributed by atoms with Crippen molar-refractivity contribution in [2.45, 2.75) is 19.8 Å². The predicted molar refractivity (Wildman–Crippen MR) is 87.5 cm³/mol. The lowest BCUT2D eigenvalue weighted by molar-refractivity contribution is -0.0350. The molecule has 0 aliphatic heterocycles. The van der Waals surface area contributed by atoms with Crippen LogP contribution in [0.25, 0.3) is 0 Å². The van der Waals surface area contributed by atoms with E-state index in [0.29, 0.717) is 17.3 Å². The maximum absolute atomic E-state index is 5.84. The Balaban J connectivity index is 1.70. The average molecular weight is 362 g/mol. The minimum Gasteiger partial charge on any atom is -0.487 e. The molecule has 0 aromatic carbocycles. The second-order valence-corrected chi connectivity index (χ2v) is 6.99. The maximum Gasteiger partial charge on any atom is 0.750 e. The van der Waals surface area contributed by atoms with Crippen LogP contribution >= 0.6 is 0 Å². The van der Waals surface area contributed by atoms with Crippen LogP contribution in [0.2, 0.25) is 0 Å². The van der Waals surface area contributed by atoms with E-state index in [2.05, 4.69) is 6.58 Å². The largest absolute Gasteiger partial charge is 0.750 e. The monoisotopic (exact) mass is 362 g/mol. The minimum absolute atomic E-state index is 0.128. The number of rotatable bonds is 11. The molecule has 0 saturated carbocycles. The van der Waals surface area contributed by atoms with Crippen LogP contribution < -0.4 is 0 Å². The molecule has 132 valence electrons. The van der Waals surface area contributed by atoms with Crippen molar-refractivity contribution in [3.05, 3.63) is 85.3 Å². The fourth-order valence-corrected chi connectivity index (χ4v) is 3.61. The molecule has 0 unspecified atom stereocenters. The van der Waals surface area contributed by atoms with Crippen molar-refractivity contribution in [1.82, 2.24) is 0 Å². The van der Waals surface area contributed by atoms with Gasteiger partial charge in [-0.05, 0) is 36.4 Å². The predicted octanol–water partition coefficient (Wildman–Crippen LogP) is 4.01. The molecule has 0 fully saturated rings. The molecule has 0 aliphatic rings. The Morgan fingerprint density at radius 1 is 0.760 bits per heavy atom. The molecular weight excluding hydrogens is 344 g/mol. The quantitative estimate of drug-likeness (QED) is 0.377. The van der Waals surface area contributed by atoms with Gasteiger partial charge in [0.15, 0.2) is 0 Å². The summed E-state index contributed by atoms with van der Waals surface area (Å²) in [5.74, 6) is 1.85. The van der Waals surface area contributed by atoms with E-state index in [0.717, 1.165) is 0 Å². The van der Waals surface area contributed by atoms with E-state index in [-0.39, 0.29) is 19.8 Å². The van der Waals surface area contributed by atoms with Crippen molar-refractivity contribution < 1.29 is 31.0 Å². The van der Waals surface area contributed by atoms with Gasteiger partial charge >= 0.3 is 9.05 Å². The third kappa shape index (κ3) is 4.97. The molecule has 8 heteroatoms. The highest BCUT2D eigenvalue weighted by molar-refractivity contribution is 6.53. The van der Waals surface area contributed by atoms with Crippen LogP contribution in [0.4, 0.5) is 0 Å². The lowest BCUT2D eigenvalue weighted by Gasteiger charge is -2.25. The highest BCUT2D eigenvalue weighted by Gasteiger charge is 2.48. The molecule has 0 radical (unpaired) electrons. The highest BCUT2D eigenvalue weighted by Crippen LogP contribution is 2.20. The summed E-state index contributed by atoms with van der Waals surface area (Å²) < 4.78 is 38.9. The van der Waals surface area contributed by atoms with Crippen molar-refractivity contribution in [3.63, 3.8) is 0 Å². The van der Waals surface area contributed by atoms with Crippen LogP contribution in [0.1, 0.15) is 17.3 Å². The Morgan fingerprint density at radius 3 is 1.44 bits per heavy atom. The van der Waals surface area contributed by atoms with Crippen LogP contribution in [0.15, 0.2) is 81.3 Å². The summed E-state index contributed by atoms with van der Waals surface area (Å²) in [4.78, 5) is 0. The van der Waals surface area contributed by atoms with Crippen LogP contribution in [0, 0.1) is 0 Å². The molecule has 3 aromatic rings. The van der Waals surface area contributed by atoms with E-state index in [4.69, 9.17) is 31.0 Å². The minimum atomic E-state index is -3.56. The third-order valence-corrected chi connectivity index (χ3v) is 5.09. The van der Waals surface area contributed by atoms with Crippen molar-refractivity contribution in [3.8, 4) is 0 Å².